The van der Waals surface area contributed by atoms with Crippen molar-refractivity contribution in [1.82, 2.24) is 10.2 Å². The summed E-state index contributed by atoms with van der Waals surface area (Å²) in [5.41, 5.74) is 4.71. The van der Waals surface area contributed by atoms with E-state index in [4.69, 9.17) is 4.74 Å². The number of amides is 2. The van der Waals surface area contributed by atoms with Gasteiger partial charge in [0.15, 0.2) is 0 Å². The van der Waals surface area contributed by atoms with Gasteiger partial charge in [-0.05, 0) is 53.4 Å². The predicted octanol–water partition coefficient (Wildman–Crippen LogP) is 4.26. The van der Waals surface area contributed by atoms with Crippen LogP contribution < -0.4 is 5.32 Å². The molecule has 0 bridgehead atoms. The van der Waals surface area contributed by atoms with Gasteiger partial charge in [0.25, 0.3) is 0 Å². The van der Waals surface area contributed by atoms with Gasteiger partial charge < -0.3 is 20.1 Å². The first-order valence-corrected chi connectivity index (χ1v) is 12.6. The Morgan fingerprint density at radius 2 is 1.71 bits per heavy atom. The zero-order valence-electron chi connectivity index (χ0n) is 20.0. The summed E-state index contributed by atoms with van der Waals surface area (Å²) in [7, 11) is 0. The Kier molecular flexibility index (Phi) is 6.50. The highest BCUT2D eigenvalue weighted by atomic mass is 16.5. The molecule has 1 aliphatic heterocycles. The Morgan fingerprint density at radius 1 is 1.06 bits per heavy atom. The summed E-state index contributed by atoms with van der Waals surface area (Å²) in [5, 5.41) is 12.2. The molecule has 2 fully saturated rings. The van der Waals surface area contributed by atoms with Crippen LogP contribution in [-0.4, -0.2) is 53.7 Å². The number of piperidine rings is 1. The third kappa shape index (κ3) is 4.64. The van der Waals surface area contributed by atoms with Gasteiger partial charge in [-0.15, -0.1) is 0 Å². The van der Waals surface area contributed by atoms with Crippen LogP contribution in [0, 0.1) is 17.8 Å². The number of fused-ring (bicyclic) bond motifs is 4. The quantitative estimate of drug-likeness (QED) is 0.593. The van der Waals surface area contributed by atoms with Crippen LogP contribution in [0.1, 0.15) is 49.7 Å². The minimum atomic E-state index is -0.743. The Balaban J connectivity index is 1.10. The van der Waals surface area contributed by atoms with Gasteiger partial charge in [0.2, 0.25) is 5.91 Å². The van der Waals surface area contributed by atoms with Gasteiger partial charge in [0.05, 0.1) is 5.92 Å². The number of alkyl carbamates (subject to hydrolysis) is 1. The van der Waals surface area contributed by atoms with Crippen LogP contribution in [0.3, 0.4) is 0 Å². The zero-order valence-corrected chi connectivity index (χ0v) is 20.0. The van der Waals surface area contributed by atoms with E-state index >= 15 is 0 Å². The number of carboxylic acid groups (broad SMARTS) is 1. The number of carbonyl (C=O) groups excluding carboxylic acids is 2. The summed E-state index contributed by atoms with van der Waals surface area (Å²) in [6.07, 6.45) is 1.87. The standard InChI is InChI=1S/C28H32N2O5/c1-2-17(11-12-25(31)30-14-13-22-23(15-30)26(22)27(32)33)29-28(34)35-16-24-20-9-5-3-7-18(20)19-8-4-6-10-21(19)24/h3-10,17,22-24,26H,2,11-16H2,1H3,(H,29,34)(H,32,33)/t17?,22-,23+,26?/m0/s1. The van der Waals surface area contributed by atoms with Crippen molar-refractivity contribution in [1.29, 1.82) is 0 Å². The fraction of sp³-hybridized carbons (Fsp3) is 0.464. The summed E-state index contributed by atoms with van der Waals surface area (Å²) in [4.78, 5) is 38.4. The number of aliphatic carboxylic acids is 1. The molecule has 1 saturated heterocycles. The van der Waals surface area contributed by atoms with E-state index in [1.807, 2.05) is 31.2 Å². The Bertz CT molecular complexity index is 1090. The van der Waals surface area contributed by atoms with Crippen LogP contribution in [0.2, 0.25) is 0 Å². The number of rotatable bonds is 8. The summed E-state index contributed by atoms with van der Waals surface area (Å²) in [5.74, 6) is -0.651. The van der Waals surface area contributed by atoms with Gasteiger partial charge in [-0.25, -0.2) is 4.79 Å². The molecular weight excluding hydrogens is 444 g/mol. The van der Waals surface area contributed by atoms with E-state index in [1.54, 1.807) is 4.90 Å². The molecule has 2 amide bonds. The van der Waals surface area contributed by atoms with E-state index in [0.29, 0.717) is 32.4 Å². The lowest BCUT2D eigenvalue weighted by molar-refractivity contribution is -0.139. The Labute approximate surface area is 205 Å². The molecule has 7 heteroatoms. The molecular formula is C28H32N2O5. The molecule has 2 aliphatic carbocycles. The number of carbonyl (C=O) groups is 3. The third-order valence-electron chi connectivity index (χ3n) is 8.00. The van der Waals surface area contributed by atoms with Crippen molar-refractivity contribution in [2.24, 2.45) is 17.8 Å². The minimum absolute atomic E-state index is 0.00906. The van der Waals surface area contributed by atoms with Crippen molar-refractivity contribution in [2.75, 3.05) is 19.7 Å². The molecule has 35 heavy (non-hydrogen) atoms. The van der Waals surface area contributed by atoms with Crippen LogP contribution in [0.4, 0.5) is 4.79 Å². The van der Waals surface area contributed by atoms with Crippen molar-refractivity contribution in [2.45, 2.75) is 44.6 Å². The first kappa shape index (κ1) is 23.4. The number of nitrogens with one attached hydrogen (secondary N) is 1. The van der Waals surface area contributed by atoms with Gasteiger partial charge in [-0.2, -0.15) is 0 Å². The van der Waals surface area contributed by atoms with Crippen molar-refractivity contribution < 1.29 is 24.2 Å². The topological polar surface area (TPSA) is 95.9 Å². The van der Waals surface area contributed by atoms with Crippen LogP contribution in [0.25, 0.3) is 11.1 Å². The number of benzene rings is 2. The van der Waals surface area contributed by atoms with Gasteiger partial charge in [0.1, 0.15) is 6.61 Å². The molecule has 1 saturated carbocycles. The number of nitrogens with zero attached hydrogens (tertiary/aromatic N) is 1. The van der Waals surface area contributed by atoms with E-state index in [-0.39, 0.29) is 42.2 Å². The lowest BCUT2D eigenvalue weighted by Crippen LogP contribution is -2.39. The smallest absolute Gasteiger partial charge is 0.407 e. The van der Waals surface area contributed by atoms with Crippen LogP contribution in [0.5, 0.6) is 0 Å². The van der Waals surface area contributed by atoms with E-state index in [1.165, 1.54) is 22.3 Å². The summed E-state index contributed by atoms with van der Waals surface area (Å²) < 4.78 is 5.65. The van der Waals surface area contributed by atoms with Crippen molar-refractivity contribution in [3.05, 3.63) is 59.7 Å². The molecule has 2 N–H and O–H groups in total. The second-order valence-electron chi connectivity index (χ2n) is 9.93. The number of ether oxygens (including phenoxy) is 1. The maximum Gasteiger partial charge on any atom is 0.407 e. The molecule has 0 aromatic heterocycles. The van der Waals surface area contributed by atoms with Crippen molar-refractivity contribution in [3.8, 4) is 11.1 Å². The van der Waals surface area contributed by atoms with E-state index in [0.717, 1.165) is 6.42 Å². The maximum absolute atomic E-state index is 12.7. The van der Waals surface area contributed by atoms with Crippen molar-refractivity contribution >= 4 is 18.0 Å². The van der Waals surface area contributed by atoms with Gasteiger partial charge in [-0.1, -0.05) is 55.5 Å². The SMILES string of the molecule is CCC(CCC(=O)N1CC[C@@H]2C(C(=O)O)[C@@H]2C1)NC(=O)OCC1c2ccccc2-c2ccccc21. The first-order chi connectivity index (χ1) is 17.0. The Hall–Kier alpha value is -3.35. The average Bonchev–Trinajstić information content (AvgIpc) is 3.52. The average molecular weight is 477 g/mol. The van der Waals surface area contributed by atoms with Gasteiger partial charge >= 0.3 is 12.1 Å². The molecule has 184 valence electrons. The highest BCUT2D eigenvalue weighted by Gasteiger charge is 2.57. The fourth-order valence-electron chi connectivity index (χ4n) is 5.97. The zero-order chi connectivity index (χ0) is 24.5. The molecule has 0 spiro atoms. The Morgan fingerprint density at radius 3 is 2.34 bits per heavy atom. The fourth-order valence-corrected chi connectivity index (χ4v) is 5.97. The molecule has 7 nitrogen and oxygen atoms in total. The minimum Gasteiger partial charge on any atom is -0.481 e. The van der Waals surface area contributed by atoms with Crippen LogP contribution >= 0.6 is 0 Å². The number of hydrogen-bond acceptors (Lipinski definition) is 4. The second kappa shape index (κ2) is 9.72. The number of carboxylic acids is 1. The van der Waals surface area contributed by atoms with E-state index < -0.39 is 12.1 Å². The normalized spacial score (nSPS) is 23.0. The maximum atomic E-state index is 12.7. The second-order valence-corrected chi connectivity index (χ2v) is 9.93. The first-order valence-electron chi connectivity index (χ1n) is 12.6. The van der Waals surface area contributed by atoms with Gasteiger partial charge in [0, 0.05) is 31.5 Å². The van der Waals surface area contributed by atoms with E-state index in [2.05, 4.69) is 29.6 Å². The van der Waals surface area contributed by atoms with Gasteiger partial charge in [-0.3, -0.25) is 9.59 Å². The highest BCUT2D eigenvalue weighted by molar-refractivity contribution is 5.79. The van der Waals surface area contributed by atoms with E-state index in [9.17, 15) is 19.5 Å². The monoisotopic (exact) mass is 476 g/mol. The lowest BCUT2D eigenvalue weighted by Gasteiger charge is -2.27. The molecule has 1 heterocycles. The summed E-state index contributed by atoms with van der Waals surface area (Å²) >= 11 is 0. The largest absolute Gasteiger partial charge is 0.481 e. The number of likely N-dealkylation sites (tertiary alicyclic amines) is 1. The molecule has 3 aliphatic rings. The molecule has 2 unspecified atom stereocenters. The predicted molar refractivity (Wildman–Crippen MR) is 131 cm³/mol. The lowest BCUT2D eigenvalue weighted by atomic mass is 9.98. The third-order valence-corrected chi connectivity index (χ3v) is 8.00. The van der Waals surface area contributed by atoms with Crippen molar-refractivity contribution in [3.63, 3.8) is 0 Å². The molecule has 2 aromatic carbocycles. The molecule has 0 radical (unpaired) electrons. The molecule has 5 rings (SSSR count). The highest BCUT2D eigenvalue weighted by Crippen LogP contribution is 2.51. The number of hydrogen-bond donors (Lipinski definition) is 2. The molecule has 2 aromatic rings. The summed E-state index contributed by atoms with van der Waals surface area (Å²) in [6.45, 7) is 3.40. The van der Waals surface area contributed by atoms with Crippen LogP contribution in [0.15, 0.2) is 48.5 Å². The van der Waals surface area contributed by atoms with Crippen LogP contribution in [-0.2, 0) is 14.3 Å². The molecule has 4 atom stereocenters. The summed E-state index contributed by atoms with van der Waals surface area (Å²) in [6, 6.07) is 16.3.